The number of ether oxygens (including phenoxy) is 2. The van der Waals surface area contributed by atoms with Gasteiger partial charge in [-0.3, -0.25) is 4.79 Å². The normalized spacial score (nSPS) is 11.0. The molecule has 21 heavy (non-hydrogen) atoms. The summed E-state index contributed by atoms with van der Waals surface area (Å²) in [6.07, 6.45) is -4.06. The van der Waals surface area contributed by atoms with E-state index >= 15 is 0 Å². The van der Waals surface area contributed by atoms with Crippen molar-refractivity contribution in [2.75, 3.05) is 7.11 Å². The monoisotopic (exact) mass is 296 g/mol. The first-order chi connectivity index (χ1) is 9.93. The third-order valence-electron chi connectivity index (χ3n) is 2.78. The topological polar surface area (TPSA) is 35.5 Å². The van der Waals surface area contributed by atoms with Crippen LogP contribution in [0.4, 0.5) is 13.2 Å². The van der Waals surface area contributed by atoms with E-state index in [9.17, 15) is 18.0 Å². The lowest BCUT2D eigenvalue weighted by atomic mass is 10.0. The smallest absolute Gasteiger partial charge is 0.496 e. The van der Waals surface area contributed by atoms with Crippen LogP contribution in [0, 0.1) is 0 Å². The van der Waals surface area contributed by atoms with E-state index in [1.54, 1.807) is 18.2 Å². The van der Waals surface area contributed by atoms with Crippen LogP contribution in [-0.2, 0) is 0 Å². The van der Waals surface area contributed by atoms with Gasteiger partial charge in [0.2, 0.25) is 0 Å². The second-order valence-corrected chi connectivity index (χ2v) is 4.15. The number of aldehydes is 1. The highest BCUT2D eigenvalue weighted by atomic mass is 19.4. The second-order valence-electron chi connectivity index (χ2n) is 4.15. The van der Waals surface area contributed by atoms with Crippen LogP contribution in [0.15, 0.2) is 42.5 Å². The van der Waals surface area contributed by atoms with Crippen molar-refractivity contribution < 1.29 is 27.4 Å². The van der Waals surface area contributed by atoms with Crippen LogP contribution in [0.3, 0.4) is 0 Å². The molecule has 0 spiro atoms. The number of rotatable bonds is 4. The van der Waals surface area contributed by atoms with Gasteiger partial charge in [-0.2, -0.15) is 0 Å². The molecule has 0 saturated heterocycles. The average Bonchev–Trinajstić information content (AvgIpc) is 2.45. The Morgan fingerprint density at radius 3 is 2.14 bits per heavy atom. The standard InChI is InChI=1S/C15H11F3O3/c1-20-14-7-4-11(8-12(14)9-19)10-2-5-13(6-3-10)21-15(16,17)18/h2-9H,1H3. The molecule has 0 amide bonds. The van der Waals surface area contributed by atoms with Crippen molar-refractivity contribution in [3.8, 4) is 22.6 Å². The van der Waals surface area contributed by atoms with Gasteiger partial charge in [0.1, 0.15) is 11.5 Å². The molecule has 110 valence electrons. The van der Waals surface area contributed by atoms with Crippen molar-refractivity contribution in [2.45, 2.75) is 6.36 Å². The molecule has 0 atom stereocenters. The van der Waals surface area contributed by atoms with Crippen LogP contribution >= 0.6 is 0 Å². The summed E-state index contributed by atoms with van der Waals surface area (Å²) < 4.78 is 45.0. The Kier molecular flexibility index (Phi) is 4.16. The van der Waals surface area contributed by atoms with Crippen molar-refractivity contribution in [1.29, 1.82) is 0 Å². The number of hydrogen-bond donors (Lipinski definition) is 0. The van der Waals surface area contributed by atoms with Crippen molar-refractivity contribution in [1.82, 2.24) is 0 Å². The zero-order chi connectivity index (χ0) is 15.5. The van der Waals surface area contributed by atoms with Gasteiger partial charge in [0.25, 0.3) is 0 Å². The molecule has 3 nitrogen and oxygen atoms in total. The summed E-state index contributed by atoms with van der Waals surface area (Å²) in [5, 5.41) is 0. The summed E-state index contributed by atoms with van der Waals surface area (Å²) in [6, 6.07) is 10.3. The molecule has 0 N–H and O–H groups in total. The third-order valence-corrected chi connectivity index (χ3v) is 2.78. The number of hydrogen-bond acceptors (Lipinski definition) is 3. The maximum absolute atomic E-state index is 12.1. The van der Waals surface area contributed by atoms with E-state index in [1.807, 2.05) is 0 Å². The summed E-state index contributed by atoms with van der Waals surface area (Å²) in [7, 11) is 1.45. The first-order valence-corrected chi connectivity index (χ1v) is 5.92. The SMILES string of the molecule is COc1ccc(-c2ccc(OC(F)(F)F)cc2)cc1C=O. The van der Waals surface area contributed by atoms with E-state index < -0.39 is 6.36 Å². The molecule has 2 aromatic rings. The lowest BCUT2D eigenvalue weighted by Crippen LogP contribution is -2.16. The molecule has 0 radical (unpaired) electrons. The van der Waals surface area contributed by atoms with Crippen LogP contribution in [0.25, 0.3) is 11.1 Å². The Morgan fingerprint density at radius 2 is 1.62 bits per heavy atom. The Bertz CT molecular complexity index is 634. The predicted molar refractivity (Wildman–Crippen MR) is 70.5 cm³/mol. The lowest BCUT2D eigenvalue weighted by molar-refractivity contribution is -0.274. The maximum atomic E-state index is 12.1. The minimum absolute atomic E-state index is 0.296. The number of halogens is 3. The average molecular weight is 296 g/mol. The van der Waals surface area contributed by atoms with Crippen molar-refractivity contribution in [3.05, 3.63) is 48.0 Å². The first-order valence-electron chi connectivity index (χ1n) is 5.92. The molecule has 2 aromatic carbocycles. The molecule has 0 aliphatic rings. The largest absolute Gasteiger partial charge is 0.573 e. The molecule has 0 heterocycles. The van der Waals surface area contributed by atoms with Crippen molar-refractivity contribution in [2.24, 2.45) is 0 Å². The lowest BCUT2D eigenvalue weighted by Gasteiger charge is -2.10. The van der Waals surface area contributed by atoms with E-state index in [1.165, 1.54) is 31.4 Å². The number of alkyl halides is 3. The molecule has 0 saturated carbocycles. The number of carbonyl (C=O) groups excluding carboxylic acids is 1. The third kappa shape index (κ3) is 3.75. The minimum atomic E-state index is -4.72. The maximum Gasteiger partial charge on any atom is 0.573 e. The minimum Gasteiger partial charge on any atom is -0.496 e. The van der Waals surface area contributed by atoms with Gasteiger partial charge >= 0.3 is 6.36 Å². The highest BCUT2D eigenvalue weighted by Crippen LogP contribution is 2.29. The highest BCUT2D eigenvalue weighted by Gasteiger charge is 2.30. The van der Waals surface area contributed by atoms with E-state index in [0.29, 0.717) is 28.7 Å². The van der Waals surface area contributed by atoms with Gasteiger partial charge < -0.3 is 9.47 Å². The van der Waals surface area contributed by atoms with E-state index in [-0.39, 0.29) is 5.75 Å². The quantitative estimate of drug-likeness (QED) is 0.798. The Hall–Kier alpha value is -2.50. The zero-order valence-corrected chi connectivity index (χ0v) is 11.0. The number of carbonyl (C=O) groups is 1. The Labute approximate surface area is 118 Å². The van der Waals surface area contributed by atoms with Gasteiger partial charge in [0, 0.05) is 0 Å². The van der Waals surface area contributed by atoms with Gasteiger partial charge in [-0.25, -0.2) is 0 Å². The van der Waals surface area contributed by atoms with E-state index in [4.69, 9.17) is 4.74 Å². The fourth-order valence-corrected chi connectivity index (χ4v) is 1.86. The van der Waals surface area contributed by atoms with Crippen LogP contribution in [0.1, 0.15) is 10.4 Å². The van der Waals surface area contributed by atoms with Gasteiger partial charge in [-0.05, 0) is 35.4 Å². The summed E-state index contributed by atoms with van der Waals surface area (Å²) in [6.45, 7) is 0. The van der Waals surface area contributed by atoms with Crippen LogP contribution in [0.5, 0.6) is 11.5 Å². The number of benzene rings is 2. The van der Waals surface area contributed by atoms with Gasteiger partial charge in [0.05, 0.1) is 12.7 Å². The van der Waals surface area contributed by atoms with E-state index in [0.717, 1.165) is 0 Å². The molecule has 0 aliphatic heterocycles. The number of methoxy groups -OCH3 is 1. The van der Waals surface area contributed by atoms with Crippen LogP contribution in [0.2, 0.25) is 0 Å². The van der Waals surface area contributed by atoms with E-state index in [2.05, 4.69) is 4.74 Å². The van der Waals surface area contributed by atoms with Crippen LogP contribution in [-0.4, -0.2) is 19.8 Å². The Morgan fingerprint density at radius 1 is 1.00 bits per heavy atom. The molecule has 0 unspecified atom stereocenters. The molecule has 6 heteroatoms. The zero-order valence-electron chi connectivity index (χ0n) is 11.0. The molecule has 0 aliphatic carbocycles. The summed E-state index contributed by atoms with van der Waals surface area (Å²) in [5.74, 6) is 0.140. The van der Waals surface area contributed by atoms with Crippen LogP contribution < -0.4 is 9.47 Å². The first kappa shape index (κ1) is 14.9. The Balaban J connectivity index is 2.28. The van der Waals surface area contributed by atoms with Gasteiger partial charge in [-0.15, -0.1) is 13.2 Å². The van der Waals surface area contributed by atoms with Gasteiger partial charge in [-0.1, -0.05) is 18.2 Å². The molecule has 0 fully saturated rings. The predicted octanol–water partition coefficient (Wildman–Crippen LogP) is 4.07. The fourth-order valence-electron chi connectivity index (χ4n) is 1.86. The second kappa shape index (κ2) is 5.87. The fraction of sp³-hybridized carbons (Fsp3) is 0.133. The molecular weight excluding hydrogens is 285 g/mol. The summed E-state index contributed by atoms with van der Waals surface area (Å²) >= 11 is 0. The molecule has 0 aromatic heterocycles. The summed E-state index contributed by atoms with van der Waals surface area (Å²) in [4.78, 5) is 11.0. The molecule has 2 rings (SSSR count). The molecule has 0 bridgehead atoms. The summed E-state index contributed by atoms with van der Waals surface area (Å²) in [5.41, 5.74) is 1.72. The highest BCUT2D eigenvalue weighted by molar-refractivity contribution is 5.83. The van der Waals surface area contributed by atoms with Crippen molar-refractivity contribution in [3.63, 3.8) is 0 Å². The molecular formula is C15H11F3O3. The van der Waals surface area contributed by atoms with Crippen molar-refractivity contribution >= 4 is 6.29 Å². The van der Waals surface area contributed by atoms with Gasteiger partial charge in [0.15, 0.2) is 6.29 Å².